The average molecular weight is 539 g/mol. The van der Waals surface area contributed by atoms with E-state index in [2.05, 4.69) is 21.2 Å². The molecule has 4 rings (SSSR count). The monoisotopic (exact) mass is 538 g/mol. The quantitative estimate of drug-likeness (QED) is 0.392. The summed E-state index contributed by atoms with van der Waals surface area (Å²) in [6, 6.07) is 18.8. The van der Waals surface area contributed by atoms with Crippen molar-refractivity contribution in [3.05, 3.63) is 70.7 Å². The molecule has 0 aromatic heterocycles. The Hall–Kier alpha value is -3.06. The van der Waals surface area contributed by atoms with Gasteiger partial charge in [0, 0.05) is 12.6 Å². The summed E-state index contributed by atoms with van der Waals surface area (Å²) in [4.78, 5) is 28.0. The summed E-state index contributed by atoms with van der Waals surface area (Å²) in [6.45, 7) is 1.90. The van der Waals surface area contributed by atoms with Crippen LogP contribution in [0.5, 0.6) is 11.5 Å². The van der Waals surface area contributed by atoms with Gasteiger partial charge in [-0.1, -0.05) is 55.3 Å². The number of carbonyl (C=O) groups excluding carboxylic acids is 2. The first kappa shape index (κ1) is 25.0. The minimum absolute atomic E-state index is 0.134. The van der Waals surface area contributed by atoms with Gasteiger partial charge >= 0.3 is 0 Å². The van der Waals surface area contributed by atoms with E-state index in [1.54, 1.807) is 18.9 Å². The van der Waals surface area contributed by atoms with Crippen LogP contribution in [0.1, 0.15) is 38.2 Å². The molecule has 0 spiro atoms. The molecule has 1 saturated carbocycles. The van der Waals surface area contributed by atoms with Crippen molar-refractivity contribution in [1.29, 1.82) is 0 Å². The van der Waals surface area contributed by atoms with Crippen LogP contribution in [-0.2, 0) is 16.1 Å². The average Bonchev–Trinajstić information content (AvgIpc) is 3.40. The van der Waals surface area contributed by atoms with E-state index in [-0.39, 0.29) is 24.5 Å². The van der Waals surface area contributed by atoms with Gasteiger partial charge in [0.05, 0.1) is 11.6 Å². The summed E-state index contributed by atoms with van der Waals surface area (Å²) in [6.07, 6.45) is 4.23. The summed E-state index contributed by atoms with van der Waals surface area (Å²) in [5, 5.41) is 5.21. The topological polar surface area (TPSA) is 67.9 Å². The minimum atomic E-state index is -0.631. The van der Waals surface area contributed by atoms with Gasteiger partial charge in [-0.3, -0.25) is 9.59 Å². The van der Waals surface area contributed by atoms with E-state index >= 15 is 0 Å². The number of carbonyl (C=O) groups is 2. The van der Waals surface area contributed by atoms with Gasteiger partial charge in [0.15, 0.2) is 6.61 Å². The molecule has 2 amide bonds. The highest BCUT2D eigenvalue weighted by Crippen LogP contribution is 2.33. The van der Waals surface area contributed by atoms with Crippen LogP contribution in [0.2, 0.25) is 0 Å². The molecular weight excluding hydrogens is 508 g/mol. The van der Waals surface area contributed by atoms with E-state index in [9.17, 15) is 9.59 Å². The minimum Gasteiger partial charge on any atom is -0.497 e. The summed E-state index contributed by atoms with van der Waals surface area (Å²) >= 11 is 3.61. The molecule has 0 aliphatic heterocycles. The van der Waals surface area contributed by atoms with Gasteiger partial charge in [-0.2, -0.15) is 0 Å². The third-order valence-corrected chi connectivity index (χ3v) is 7.38. The van der Waals surface area contributed by atoms with Crippen LogP contribution >= 0.6 is 15.9 Å². The molecule has 1 unspecified atom stereocenters. The summed E-state index contributed by atoms with van der Waals surface area (Å²) in [5.41, 5.74) is 0.909. The number of amides is 2. The summed E-state index contributed by atoms with van der Waals surface area (Å²) < 4.78 is 12.0. The van der Waals surface area contributed by atoms with Crippen LogP contribution in [0.3, 0.4) is 0 Å². The van der Waals surface area contributed by atoms with Crippen LogP contribution in [0.4, 0.5) is 0 Å². The van der Waals surface area contributed by atoms with Crippen molar-refractivity contribution in [3.63, 3.8) is 0 Å². The second kappa shape index (κ2) is 11.6. The molecule has 35 heavy (non-hydrogen) atoms. The van der Waals surface area contributed by atoms with Gasteiger partial charge < -0.3 is 19.7 Å². The van der Waals surface area contributed by atoms with Crippen LogP contribution in [0.25, 0.3) is 10.8 Å². The lowest BCUT2D eigenvalue weighted by molar-refractivity contribution is -0.142. The molecule has 1 aliphatic rings. The lowest BCUT2D eigenvalue weighted by atomic mass is 10.1. The lowest BCUT2D eigenvalue weighted by Gasteiger charge is -2.29. The maximum atomic E-state index is 13.4. The second-order valence-corrected chi connectivity index (χ2v) is 9.72. The first-order valence-electron chi connectivity index (χ1n) is 12.0. The third kappa shape index (κ3) is 6.14. The molecule has 1 aliphatic carbocycles. The Morgan fingerprint density at radius 3 is 2.49 bits per heavy atom. The largest absolute Gasteiger partial charge is 0.497 e. The molecule has 3 aromatic rings. The Balaban J connectivity index is 1.50. The fraction of sp³-hybridized carbons (Fsp3) is 0.357. The van der Waals surface area contributed by atoms with Crippen molar-refractivity contribution in [2.75, 3.05) is 13.7 Å². The highest BCUT2D eigenvalue weighted by atomic mass is 79.9. The highest BCUT2D eigenvalue weighted by molar-refractivity contribution is 9.10. The fourth-order valence-electron chi connectivity index (χ4n) is 4.45. The van der Waals surface area contributed by atoms with Gasteiger partial charge in [0.2, 0.25) is 5.91 Å². The fourth-order valence-corrected chi connectivity index (χ4v) is 5.06. The highest BCUT2D eigenvalue weighted by Gasteiger charge is 2.29. The van der Waals surface area contributed by atoms with Crippen molar-refractivity contribution in [1.82, 2.24) is 10.2 Å². The molecule has 0 heterocycles. The number of nitrogens with one attached hydrogen (secondary N) is 1. The molecule has 1 N–H and O–H groups in total. The van der Waals surface area contributed by atoms with E-state index in [0.717, 1.165) is 52.2 Å². The number of rotatable bonds is 9. The SMILES string of the molecule is COc1ccc(CN(C(=O)COc2ccc3ccccc3c2Br)C(C)C(=O)NC2CCCC2)cc1. The number of fused-ring (bicyclic) bond motifs is 1. The molecule has 6 nitrogen and oxygen atoms in total. The van der Waals surface area contributed by atoms with Crippen molar-refractivity contribution in [3.8, 4) is 11.5 Å². The Kier molecular flexibility index (Phi) is 8.29. The molecule has 0 bridgehead atoms. The first-order valence-corrected chi connectivity index (χ1v) is 12.8. The molecule has 0 saturated heterocycles. The maximum absolute atomic E-state index is 13.4. The normalized spacial score (nSPS) is 14.5. The smallest absolute Gasteiger partial charge is 0.261 e. The number of nitrogens with zero attached hydrogens (tertiary/aromatic N) is 1. The number of benzene rings is 3. The van der Waals surface area contributed by atoms with Gasteiger partial charge in [-0.05, 0) is 70.2 Å². The van der Waals surface area contributed by atoms with E-state index in [4.69, 9.17) is 9.47 Å². The maximum Gasteiger partial charge on any atom is 0.261 e. The van der Waals surface area contributed by atoms with Gasteiger partial charge in [0.25, 0.3) is 5.91 Å². The van der Waals surface area contributed by atoms with Gasteiger partial charge in [-0.25, -0.2) is 0 Å². The van der Waals surface area contributed by atoms with E-state index in [1.807, 2.05) is 60.7 Å². The number of methoxy groups -OCH3 is 1. The summed E-state index contributed by atoms with van der Waals surface area (Å²) in [5.74, 6) is 0.938. The lowest BCUT2D eigenvalue weighted by Crippen LogP contribution is -2.50. The van der Waals surface area contributed by atoms with E-state index in [0.29, 0.717) is 12.3 Å². The Labute approximate surface area is 214 Å². The number of hydrogen-bond donors (Lipinski definition) is 1. The van der Waals surface area contributed by atoms with Crippen LogP contribution in [0, 0.1) is 0 Å². The standard InChI is InChI=1S/C28H31BrN2O4/c1-19(28(33)30-22-8-4-5-9-22)31(17-20-11-14-23(34-2)15-12-20)26(32)18-35-25-16-13-21-7-3-6-10-24(21)27(25)29/h3,6-7,10-16,19,22H,4-5,8-9,17-18H2,1-2H3,(H,30,33). The molecule has 184 valence electrons. The zero-order chi connectivity index (χ0) is 24.8. The van der Waals surface area contributed by atoms with Gasteiger partial charge in [0.1, 0.15) is 17.5 Å². The Bertz CT molecular complexity index is 1180. The zero-order valence-corrected chi connectivity index (χ0v) is 21.7. The van der Waals surface area contributed by atoms with Crippen molar-refractivity contribution in [2.45, 2.75) is 51.2 Å². The van der Waals surface area contributed by atoms with Crippen molar-refractivity contribution in [2.24, 2.45) is 0 Å². The van der Waals surface area contributed by atoms with Gasteiger partial charge in [-0.15, -0.1) is 0 Å². The van der Waals surface area contributed by atoms with E-state index in [1.165, 1.54) is 0 Å². The number of hydrogen-bond acceptors (Lipinski definition) is 4. The molecule has 0 radical (unpaired) electrons. The van der Waals surface area contributed by atoms with Crippen LogP contribution in [-0.4, -0.2) is 42.5 Å². The summed E-state index contributed by atoms with van der Waals surface area (Å²) in [7, 11) is 1.61. The first-order chi connectivity index (χ1) is 17.0. The predicted octanol–water partition coefficient (Wildman–Crippen LogP) is 5.47. The van der Waals surface area contributed by atoms with Crippen molar-refractivity contribution >= 4 is 38.5 Å². The predicted molar refractivity (Wildman–Crippen MR) is 141 cm³/mol. The Morgan fingerprint density at radius 2 is 1.77 bits per heavy atom. The van der Waals surface area contributed by atoms with E-state index < -0.39 is 6.04 Å². The van der Waals surface area contributed by atoms with Crippen LogP contribution < -0.4 is 14.8 Å². The van der Waals surface area contributed by atoms with Crippen molar-refractivity contribution < 1.29 is 19.1 Å². The zero-order valence-electron chi connectivity index (χ0n) is 20.1. The van der Waals surface area contributed by atoms with Crippen LogP contribution in [0.15, 0.2) is 65.1 Å². The Morgan fingerprint density at radius 1 is 1.06 bits per heavy atom. The molecule has 7 heteroatoms. The molecule has 3 aromatic carbocycles. The molecule has 1 fully saturated rings. The second-order valence-electron chi connectivity index (χ2n) is 8.92. The molecular formula is C28H31BrN2O4. The third-order valence-electron chi connectivity index (χ3n) is 6.56. The number of halogens is 1. The number of ether oxygens (including phenoxy) is 2. The molecule has 1 atom stereocenters.